The highest BCUT2D eigenvalue weighted by molar-refractivity contribution is 7.89. The molecule has 1 fully saturated rings. The molecular formula is C13H15FN2O3S. The van der Waals surface area contributed by atoms with Crippen LogP contribution in [-0.4, -0.2) is 38.0 Å². The van der Waals surface area contributed by atoms with Gasteiger partial charge in [0.25, 0.3) is 0 Å². The van der Waals surface area contributed by atoms with Gasteiger partial charge in [-0.15, -0.1) is 0 Å². The fourth-order valence-corrected chi connectivity index (χ4v) is 3.87. The topological polar surface area (TPSA) is 70.4 Å². The molecule has 1 aliphatic heterocycles. The van der Waals surface area contributed by atoms with Crippen molar-refractivity contribution < 1.29 is 17.5 Å². The number of rotatable bonds is 2. The van der Waals surface area contributed by atoms with Gasteiger partial charge in [0.1, 0.15) is 22.3 Å². The van der Waals surface area contributed by atoms with Gasteiger partial charge in [0.2, 0.25) is 10.0 Å². The zero-order chi connectivity index (χ0) is 15.0. The van der Waals surface area contributed by atoms with Gasteiger partial charge in [0.05, 0.1) is 12.2 Å². The van der Waals surface area contributed by atoms with Gasteiger partial charge in [-0.2, -0.15) is 9.57 Å². The average Bonchev–Trinajstić information content (AvgIpc) is 2.37. The highest BCUT2D eigenvalue weighted by atomic mass is 32.2. The third-order valence-corrected chi connectivity index (χ3v) is 4.98. The van der Waals surface area contributed by atoms with Crippen LogP contribution in [0, 0.1) is 17.1 Å². The summed E-state index contributed by atoms with van der Waals surface area (Å²) in [6.45, 7) is 4.18. The predicted octanol–water partition coefficient (Wildman–Crippen LogP) is 1.50. The molecule has 20 heavy (non-hydrogen) atoms. The standard InChI is InChI=1S/C13H15FN2O3S/c1-13(2)9-16(6-7-19-13)20(17,18)12-5-3-4-11(14)10(12)8-15/h3-5H,6-7,9H2,1-2H3. The molecule has 0 aromatic heterocycles. The van der Waals surface area contributed by atoms with E-state index in [1.807, 2.05) is 0 Å². The van der Waals surface area contributed by atoms with E-state index >= 15 is 0 Å². The minimum absolute atomic E-state index is 0.163. The number of morpholine rings is 1. The number of benzene rings is 1. The fraction of sp³-hybridized carbons (Fsp3) is 0.462. The number of hydrogen-bond acceptors (Lipinski definition) is 4. The lowest BCUT2D eigenvalue weighted by molar-refractivity contribution is -0.0640. The van der Waals surface area contributed by atoms with Crippen LogP contribution < -0.4 is 0 Å². The third kappa shape index (κ3) is 2.68. The van der Waals surface area contributed by atoms with E-state index in [4.69, 9.17) is 10.00 Å². The first-order valence-corrected chi connectivity index (χ1v) is 7.55. The molecule has 5 nitrogen and oxygen atoms in total. The van der Waals surface area contributed by atoms with Crippen molar-refractivity contribution in [2.75, 3.05) is 19.7 Å². The molecule has 0 N–H and O–H groups in total. The van der Waals surface area contributed by atoms with Gasteiger partial charge >= 0.3 is 0 Å². The Balaban J connectivity index is 2.47. The minimum Gasteiger partial charge on any atom is -0.373 e. The van der Waals surface area contributed by atoms with E-state index < -0.39 is 27.0 Å². The SMILES string of the molecule is CC1(C)CN(S(=O)(=O)c2cccc(F)c2C#N)CCO1. The second-order valence-corrected chi connectivity index (χ2v) is 7.08. The lowest BCUT2D eigenvalue weighted by Crippen LogP contribution is -2.50. The Morgan fingerprint density at radius 2 is 2.15 bits per heavy atom. The molecule has 1 aromatic rings. The zero-order valence-electron chi connectivity index (χ0n) is 11.3. The Morgan fingerprint density at radius 3 is 2.75 bits per heavy atom. The number of hydrogen-bond donors (Lipinski definition) is 0. The van der Waals surface area contributed by atoms with Crippen molar-refractivity contribution in [3.63, 3.8) is 0 Å². The number of ether oxygens (including phenoxy) is 1. The van der Waals surface area contributed by atoms with Crippen LogP contribution in [0.4, 0.5) is 4.39 Å². The molecular weight excluding hydrogens is 283 g/mol. The van der Waals surface area contributed by atoms with E-state index in [1.54, 1.807) is 19.9 Å². The summed E-state index contributed by atoms with van der Waals surface area (Å²) >= 11 is 0. The second-order valence-electron chi connectivity index (χ2n) is 5.17. The number of nitriles is 1. The Bertz CT molecular complexity index is 665. The summed E-state index contributed by atoms with van der Waals surface area (Å²) in [7, 11) is -3.91. The molecule has 108 valence electrons. The normalized spacial score (nSPS) is 19.5. The zero-order valence-corrected chi connectivity index (χ0v) is 12.1. The molecule has 1 saturated heterocycles. The first-order chi connectivity index (χ1) is 9.28. The molecule has 0 spiro atoms. The fourth-order valence-electron chi connectivity index (χ4n) is 2.15. The monoisotopic (exact) mass is 298 g/mol. The molecule has 0 radical (unpaired) electrons. The lowest BCUT2D eigenvalue weighted by Gasteiger charge is -2.37. The minimum atomic E-state index is -3.91. The van der Waals surface area contributed by atoms with Crippen LogP contribution in [0.5, 0.6) is 0 Å². The maximum absolute atomic E-state index is 13.6. The van der Waals surface area contributed by atoms with Gasteiger partial charge in [-0.1, -0.05) is 6.07 Å². The first kappa shape index (κ1) is 14.9. The van der Waals surface area contributed by atoms with Crippen molar-refractivity contribution in [1.82, 2.24) is 4.31 Å². The van der Waals surface area contributed by atoms with Crippen LogP contribution in [0.25, 0.3) is 0 Å². The molecule has 1 heterocycles. The van der Waals surface area contributed by atoms with E-state index in [9.17, 15) is 12.8 Å². The van der Waals surface area contributed by atoms with E-state index in [2.05, 4.69) is 0 Å². The van der Waals surface area contributed by atoms with Crippen LogP contribution in [0.15, 0.2) is 23.1 Å². The second kappa shape index (κ2) is 5.13. The van der Waals surface area contributed by atoms with Crippen LogP contribution in [-0.2, 0) is 14.8 Å². The first-order valence-electron chi connectivity index (χ1n) is 6.11. The Kier molecular flexibility index (Phi) is 3.82. The van der Waals surface area contributed by atoms with E-state index in [1.165, 1.54) is 16.4 Å². The summed E-state index contributed by atoms with van der Waals surface area (Å²) in [6.07, 6.45) is 0. The van der Waals surface area contributed by atoms with Gasteiger partial charge < -0.3 is 4.74 Å². The molecule has 2 rings (SSSR count). The molecule has 7 heteroatoms. The van der Waals surface area contributed by atoms with Crippen LogP contribution >= 0.6 is 0 Å². The van der Waals surface area contributed by atoms with Crippen molar-refractivity contribution in [1.29, 1.82) is 5.26 Å². The molecule has 0 unspecified atom stereocenters. The average molecular weight is 298 g/mol. The molecule has 0 saturated carbocycles. The van der Waals surface area contributed by atoms with Crippen molar-refractivity contribution in [2.45, 2.75) is 24.3 Å². The maximum atomic E-state index is 13.6. The summed E-state index contributed by atoms with van der Waals surface area (Å²) in [5, 5.41) is 8.97. The van der Waals surface area contributed by atoms with Crippen molar-refractivity contribution in [2.24, 2.45) is 0 Å². The molecule has 1 aromatic carbocycles. The van der Waals surface area contributed by atoms with E-state index in [0.29, 0.717) is 0 Å². The number of nitrogens with zero attached hydrogens (tertiary/aromatic N) is 2. The molecule has 0 aliphatic carbocycles. The molecule has 0 bridgehead atoms. The van der Waals surface area contributed by atoms with Crippen molar-refractivity contribution >= 4 is 10.0 Å². The van der Waals surface area contributed by atoms with Gasteiger partial charge in [0, 0.05) is 13.1 Å². The summed E-state index contributed by atoms with van der Waals surface area (Å²) in [5.41, 5.74) is -1.05. The van der Waals surface area contributed by atoms with Crippen LogP contribution in [0.2, 0.25) is 0 Å². The van der Waals surface area contributed by atoms with Crippen LogP contribution in [0.1, 0.15) is 19.4 Å². The Labute approximate surface area is 117 Å². The van der Waals surface area contributed by atoms with Crippen molar-refractivity contribution in [3.8, 4) is 6.07 Å². The Morgan fingerprint density at radius 1 is 1.45 bits per heavy atom. The third-order valence-electron chi connectivity index (χ3n) is 3.10. The van der Waals surface area contributed by atoms with Gasteiger partial charge in [-0.25, -0.2) is 12.8 Å². The maximum Gasteiger partial charge on any atom is 0.244 e. The van der Waals surface area contributed by atoms with Gasteiger partial charge in [-0.3, -0.25) is 0 Å². The summed E-state index contributed by atoms with van der Waals surface area (Å²) in [4.78, 5) is -0.294. The van der Waals surface area contributed by atoms with Gasteiger partial charge in [-0.05, 0) is 26.0 Å². The van der Waals surface area contributed by atoms with Crippen molar-refractivity contribution in [3.05, 3.63) is 29.6 Å². The molecule has 0 amide bonds. The van der Waals surface area contributed by atoms with Crippen LogP contribution in [0.3, 0.4) is 0 Å². The summed E-state index contributed by atoms with van der Waals surface area (Å²) in [6, 6.07) is 5.22. The summed E-state index contributed by atoms with van der Waals surface area (Å²) in [5.74, 6) is -0.832. The number of halogens is 1. The smallest absolute Gasteiger partial charge is 0.244 e. The predicted molar refractivity (Wildman–Crippen MR) is 69.9 cm³/mol. The van der Waals surface area contributed by atoms with Gasteiger partial charge in [0.15, 0.2) is 0 Å². The lowest BCUT2D eigenvalue weighted by atomic mass is 10.1. The highest BCUT2D eigenvalue weighted by Gasteiger charge is 2.36. The molecule has 0 atom stereocenters. The highest BCUT2D eigenvalue weighted by Crippen LogP contribution is 2.26. The largest absolute Gasteiger partial charge is 0.373 e. The molecule has 1 aliphatic rings. The van der Waals surface area contributed by atoms with E-state index in [0.717, 1.165) is 6.07 Å². The summed E-state index contributed by atoms with van der Waals surface area (Å²) < 4.78 is 45.4. The van der Waals surface area contributed by atoms with E-state index in [-0.39, 0.29) is 24.6 Å². The quantitative estimate of drug-likeness (QED) is 0.829. The Hall–Kier alpha value is -1.49. The number of sulfonamides is 1.